The molecule has 1 aliphatic carbocycles. The summed E-state index contributed by atoms with van der Waals surface area (Å²) in [6, 6.07) is 13.2. The number of ether oxygens (including phenoxy) is 2. The molecule has 27 heavy (non-hydrogen) atoms. The summed E-state index contributed by atoms with van der Waals surface area (Å²) in [5.74, 6) is 1.46. The standard InChI is InChI=1S/C21H22N2O4/c24-18-5-3-4-14-8-9-15(10-17(14)18)22-12-21(25)23-11-16-13-26-19-6-1-2-7-20(19)27-16/h1-2,6-10,16,22H,3-5,11-13H2,(H,23,25)/t16-/m1/s1. The van der Waals surface area contributed by atoms with E-state index in [0.29, 0.717) is 25.3 Å². The Bertz CT molecular complexity index is 865. The zero-order chi connectivity index (χ0) is 18.6. The molecule has 140 valence electrons. The van der Waals surface area contributed by atoms with Crippen LogP contribution in [0.1, 0.15) is 28.8 Å². The molecule has 2 N–H and O–H groups in total. The normalized spacial score (nSPS) is 17.8. The summed E-state index contributed by atoms with van der Waals surface area (Å²) in [5.41, 5.74) is 2.65. The molecule has 0 bridgehead atoms. The van der Waals surface area contributed by atoms with Gasteiger partial charge in [-0.2, -0.15) is 0 Å². The molecule has 6 nitrogen and oxygen atoms in total. The highest BCUT2D eigenvalue weighted by molar-refractivity contribution is 5.99. The minimum atomic E-state index is -0.217. The number of benzene rings is 2. The fourth-order valence-corrected chi connectivity index (χ4v) is 3.37. The molecular formula is C21H22N2O4. The summed E-state index contributed by atoms with van der Waals surface area (Å²) < 4.78 is 11.5. The van der Waals surface area contributed by atoms with Gasteiger partial charge >= 0.3 is 0 Å². The van der Waals surface area contributed by atoms with Crippen molar-refractivity contribution in [3.8, 4) is 11.5 Å². The second kappa shape index (κ2) is 7.70. The molecule has 6 heteroatoms. The Kier molecular flexibility index (Phi) is 4.96. The van der Waals surface area contributed by atoms with Gasteiger partial charge in [0.15, 0.2) is 17.3 Å². The Hall–Kier alpha value is -3.02. The van der Waals surface area contributed by atoms with Gasteiger partial charge in [-0.25, -0.2) is 0 Å². The van der Waals surface area contributed by atoms with Gasteiger partial charge in [-0.05, 0) is 42.7 Å². The van der Waals surface area contributed by atoms with Gasteiger partial charge < -0.3 is 20.1 Å². The molecule has 2 aromatic rings. The number of rotatable bonds is 5. The van der Waals surface area contributed by atoms with Crippen LogP contribution in [0.15, 0.2) is 42.5 Å². The van der Waals surface area contributed by atoms with Gasteiger partial charge in [-0.3, -0.25) is 9.59 Å². The van der Waals surface area contributed by atoms with E-state index in [0.717, 1.165) is 35.4 Å². The Morgan fingerprint density at radius 3 is 2.85 bits per heavy atom. The zero-order valence-electron chi connectivity index (χ0n) is 15.0. The van der Waals surface area contributed by atoms with E-state index >= 15 is 0 Å². The van der Waals surface area contributed by atoms with Crippen LogP contribution >= 0.6 is 0 Å². The first kappa shape index (κ1) is 17.4. The van der Waals surface area contributed by atoms with Crippen LogP contribution < -0.4 is 20.1 Å². The average Bonchev–Trinajstić information content (AvgIpc) is 2.71. The first-order valence-corrected chi connectivity index (χ1v) is 9.24. The molecule has 1 aliphatic heterocycles. The number of carbonyl (C=O) groups is 2. The van der Waals surface area contributed by atoms with E-state index in [2.05, 4.69) is 10.6 Å². The smallest absolute Gasteiger partial charge is 0.239 e. The van der Waals surface area contributed by atoms with Gasteiger partial charge in [0.1, 0.15) is 12.7 Å². The van der Waals surface area contributed by atoms with E-state index in [1.165, 1.54) is 0 Å². The molecule has 0 unspecified atom stereocenters. The quantitative estimate of drug-likeness (QED) is 0.851. The number of hydrogen-bond donors (Lipinski definition) is 2. The largest absolute Gasteiger partial charge is 0.486 e. The number of carbonyl (C=O) groups excluding carboxylic acids is 2. The molecule has 0 fully saturated rings. The summed E-state index contributed by atoms with van der Waals surface area (Å²) in [6.45, 7) is 0.909. The molecular weight excluding hydrogens is 344 g/mol. The summed E-state index contributed by atoms with van der Waals surface area (Å²) in [4.78, 5) is 24.1. The molecule has 0 radical (unpaired) electrons. The van der Waals surface area contributed by atoms with Crippen molar-refractivity contribution in [1.82, 2.24) is 5.32 Å². The Balaban J connectivity index is 1.26. The number of para-hydroxylation sites is 2. The molecule has 1 heterocycles. The van der Waals surface area contributed by atoms with Crippen LogP contribution in [0, 0.1) is 0 Å². The third kappa shape index (κ3) is 4.05. The lowest BCUT2D eigenvalue weighted by molar-refractivity contribution is -0.119. The average molecular weight is 366 g/mol. The highest BCUT2D eigenvalue weighted by Crippen LogP contribution is 2.30. The number of anilines is 1. The molecule has 0 spiro atoms. The van der Waals surface area contributed by atoms with Crippen LogP contribution in [0.5, 0.6) is 11.5 Å². The number of Topliss-reactive ketones (excluding diaryl/α,β-unsaturated/α-hetero) is 1. The lowest BCUT2D eigenvalue weighted by Gasteiger charge is -2.26. The monoisotopic (exact) mass is 366 g/mol. The minimum absolute atomic E-state index is 0.136. The van der Waals surface area contributed by atoms with Gasteiger partial charge in [0.05, 0.1) is 13.1 Å². The molecule has 0 aromatic heterocycles. The number of ketones is 1. The second-order valence-electron chi connectivity index (χ2n) is 6.80. The SMILES string of the molecule is O=C(CNc1ccc2c(c1)C(=O)CCC2)NC[C@@H]1COc2ccccc2O1. The second-order valence-corrected chi connectivity index (χ2v) is 6.80. The van der Waals surface area contributed by atoms with Crippen molar-refractivity contribution in [2.75, 3.05) is 25.0 Å². The van der Waals surface area contributed by atoms with Gasteiger partial charge in [0.25, 0.3) is 0 Å². The predicted molar refractivity (Wildman–Crippen MR) is 102 cm³/mol. The molecule has 1 atom stereocenters. The van der Waals surface area contributed by atoms with Gasteiger partial charge in [0, 0.05) is 17.7 Å². The summed E-state index contributed by atoms with van der Waals surface area (Å²) in [6.07, 6.45) is 2.24. The van der Waals surface area contributed by atoms with Crippen LogP contribution in [0.25, 0.3) is 0 Å². The first-order chi connectivity index (χ1) is 13.2. The van der Waals surface area contributed by atoms with E-state index < -0.39 is 0 Å². The van der Waals surface area contributed by atoms with Crippen molar-refractivity contribution in [3.63, 3.8) is 0 Å². The summed E-state index contributed by atoms with van der Waals surface area (Å²) >= 11 is 0. The number of amides is 1. The predicted octanol–water partition coefficient (Wildman–Crippen LogP) is 2.57. The van der Waals surface area contributed by atoms with Crippen LogP contribution in [0.2, 0.25) is 0 Å². The van der Waals surface area contributed by atoms with Crippen molar-refractivity contribution in [2.24, 2.45) is 0 Å². The lowest BCUT2D eigenvalue weighted by atomic mass is 9.90. The lowest BCUT2D eigenvalue weighted by Crippen LogP contribution is -2.42. The molecule has 0 saturated carbocycles. The van der Waals surface area contributed by atoms with Gasteiger partial charge in [0.2, 0.25) is 5.91 Å². The van der Waals surface area contributed by atoms with Crippen LogP contribution in [0.3, 0.4) is 0 Å². The highest BCUT2D eigenvalue weighted by Gasteiger charge is 2.21. The van der Waals surface area contributed by atoms with Crippen molar-refractivity contribution in [3.05, 3.63) is 53.6 Å². The van der Waals surface area contributed by atoms with E-state index in [1.54, 1.807) is 0 Å². The molecule has 2 aliphatic rings. The highest BCUT2D eigenvalue weighted by atomic mass is 16.6. The fourth-order valence-electron chi connectivity index (χ4n) is 3.37. The maximum absolute atomic E-state index is 12.1. The van der Waals surface area contributed by atoms with Crippen molar-refractivity contribution < 1.29 is 19.1 Å². The molecule has 4 rings (SSSR count). The summed E-state index contributed by atoms with van der Waals surface area (Å²) in [5, 5.41) is 5.93. The first-order valence-electron chi connectivity index (χ1n) is 9.24. The van der Waals surface area contributed by atoms with Crippen LogP contribution in [0.4, 0.5) is 5.69 Å². The number of aryl methyl sites for hydroxylation is 1. The number of nitrogens with one attached hydrogen (secondary N) is 2. The molecule has 2 aromatic carbocycles. The number of hydrogen-bond acceptors (Lipinski definition) is 5. The van der Waals surface area contributed by atoms with E-state index in [9.17, 15) is 9.59 Å². The van der Waals surface area contributed by atoms with E-state index in [-0.39, 0.29) is 24.3 Å². The van der Waals surface area contributed by atoms with Crippen LogP contribution in [-0.4, -0.2) is 37.5 Å². The Morgan fingerprint density at radius 2 is 1.96 bits per heavy atom. The number of fused-ring (bicyclic) bond motifs is 2. The van der Waals surface area contributed by atoms with Crippen LogP contribution in [-0.2, 0) is 11.2 Å². The topological polar surface area (TPSA) is 76.7 Å². The maximum Gasteiger partial charge on any atom is 0.239 e. The Morgan fingerprint density at radius 1 is 1.11 bits per heavy atom. The van der Waals surface area contributed by atoms with E-state index in [1.807, 2.05) is 42.5 Å². The molecule has 1 amide bonds. The van der Waals surface area contributed by atoms with Gasteiger partial charge in [-0.1, -0.05) is 18.2 Å². The van der Waals surface area contributed by atoms with Crippen molar-refractivity contribution in [2.45, 2.75) is 25.4 Å². The third-order valence-corrected chi connectivity index (χ3v) is 4.81. The van der Waals surface area contributed by atoms with Crippen molar-refractivity contribution >= 4 is 17.4 Å². The van der Waals surface area contributed by atoms with Gasteiger partial charge in [-0.15, -0.1) is 0 Å². The molecule has 0 saturated heterocycles. The zero-order valence-corrected chi connectivity index (χ0v) is 15.0. The van der Waals surface area contributed by atoms with Crippen molar-refractivity contribution in [1.29, 1.82) is 0 Å². The third-order valence-electron chi connectivity index (χ3n) is 4.81. The fraction of sp³-hybridized carbons (Fsp3) is 0.333. The Labute approximate surface area is 157 Å². The van der Waals surface area contributed by atoms with E-state index in [4.69, 9.17) is 9.47 Å². The minimum Gasteiger partial charge on any atom is -0.486 e. The maximum atomic E-state index is 12.1. The summed E-state index contributed by atoms with van der Waals surface area (Å²) in [7, 11) is 0.